The Morgan fingerprint density at radius 3 is 1.87 bits per heavy atom. The van der Waals surface area contributed by atoms with Crippen LogP contribution in [0.25, 0.3) is 6.08 Å². The molecule has 0 aliphatic carbocycles. The summed E-state index contributed by atoms with van der Waals surface area (Å²) < 4.78 is 20.0. The maximum Gasteiger partial charge on any atom is 0.306 e. The Morgan fingerprint density at radius 1 is 0.867 bits per heavy atom. The Morgan fingerprint density at radius 2 is 1.40 bits per heavy atom. The number of amides is 1. The van der Waals surface area contributed by atoms with Gasteiger partial charge in [0.05, 0.1) is 10.6 Å². The lowest BCUT2D eigenvalue weighted by atomic mass is 10.2. The van der Waals surface area contributed by atoms with E-state index < -0.39 is 7.37 Å². The number of hydrogen-bond donors (Lipinski definition) is 0. The van der Waals surface area contributed by atoms with E-state index >= 15 is 0 Å². The summed E-state index contributed by atoms with van der Waals surface area (Å²) in [5.74, 6) is 1.02. The molecule has 0 saturated heterocycles. The van der Waals surface area contributed by atoms with Gasteiger partial charge >= 0.3 is 7.37 Å². The smallest absolute Gasteiger partial charge is 0.306 e. The van der Waals surface area contributed by atoms with Gasteiger partial charge < -0.3 is 4.52 Å². The summed E-state index contributed by atoms with van der Waals surface area (Å²) in [6, 6.07) is 25.6. The third-order valence-electron chi connectivity index (χ3n) is 4.90. The number of likely N-dealkylation sites (N-methyl/N-ethyl adjacent to an activating group) is 1. The van der Waals surface area contributed by atoms with Crippen LogP contribution in [0.3, 0.4) is 0 Å². The van der Waals surface area contributed by atoms with Crippen LogP contribution < -0.4 is 15.1 Å². The highest BCUT2D eigenvalue weighted by molar-refractivity contribution is 7.74. The van der Waals surface area contributed by atoms with Gasteiger partial charge in [-0.3, -0.25) is 14.3 Å². The number of hydrogen-bond acceptors (Lipinski definition) is 4. The lowest BCUT2D eigenvalue weighted by Gasteiger charge is -2.20. The number of carbonyl (C=O) groups is 1. The van der Waals surface area contributed by atoms with E-state index in [4.69, 9.17) is 4.52 Å². The fourth-order valence-corrected chi connectivity index (χ4v) is 5.20. The van der Waals surface area contributed by atoms with E-state index in [1.165, 1.54) is 4.90 Å². The summed E-state index contributed by atoms with van der Waals surface area (Å²) in [6.07, 6.45) is 1.73. The molecule has 3 aromatic carbocycles. The molecule has 5 nitrogen and oxygen atoms in total. The first kappa shape index (κ1) is 19.9. The monoisotopic (exact) mass is 416 g/mol. The van der Waals surface area contributed by atoms with Crippen LogP contribution in [0.15, 0.2) is 95.6 Å². The second-order valence-electron chi connectivity index (χ2n) is 6.94. The molecular weight excluding hydrogens is 395 g/mol. The van der Waals surface area contributed by atoms with Crippen molar-refractivity contribution in [2.45, 2.75) is 6.92 Å². The van der Waals surface area contributed by atoms with Crippen molar-refractivity contribution >= 4 is 35.8 Å². The average Bonchev–Trinajstić information content (AvgIpc) is 3.02. The van der Waals surface area contributed by atoms with Crippen molar-refractivity contribution in [3.8, 4) is 5.75 Å². The molecule has 150 valence electrons. The van der Waals surface area contributed by atoms with Crippen LogP contribution in [0.5, 0.6) is 5.75 Å². The first-order valence-electron chi connectivity index (χ1n) is 9.53. The predicted molar refractivity (Wildman–Crippen MR) is 121 cm³/mol. The molecule has 0 radical (unpaired) electrons. The number of aliphatic imine (C=N–C) groups is 1. The van der Waals surface area contributed by atoms with Crippen LogP contribution in [0.4, 0.5) is 0 Å². The van der Waals surface area contributed by atoms with E-state index in [2.05, 4.69) is 4.99 Å². The van der Waals surface area contributed by atoms with Gasteiger partial charge in [0, 0.05) is 7.05 Å². The fraction of sp³-hybridized carbons (Fsp3) is 0.0833. The minimum absolute atomic E-state index is 0.134. The van der Waals surface area contributed by atoms with Crippen LogP contribution in [-0.2, 0) is 9.36 Å². The highest BCUT2D eigenvalue weighted by Crippen LogP contribution is 2.45. The molecule has 0 N–H and O–H groups in total. The van der Waals surface area contributed by atoms with E-state index in [9.17, 15) is 9.36 Å². The molecule has 1 aliphatic heterocycles. The molecule has 0 fully saturated rings. The van der Waals surface area contributed by atoms with Gasteiger partial charge in [0.1, 0.15) is 17.3 Å². The van der Waals surface area contributed by atoms with Crippen molar-refractivity contribution in [1.82, 2.24) is 4.90 Å². The van der Waals surface area contributed by atoms with E-state index in [-0.39, 0.29) is 5.91 Å². The zero-order valence-electron chi connectivity index (χ0n) is 16.7. The quantitative estimate of drug-likeness (QED) is 0.462. The van der Waals surface area contributed by atoms with Crippen molar-refractivity contribution < 1.29 is 13.9 Å². The largest absolute Gasteiger partial charge is 0.437 e. The Kier molecular flexibility index (Phi) is 5.39. The van der Waals surface area contributed by atoms with Gasteiger partial charge in [0.25, 0.3) is 5.91 Å². The first-order chi connectivity index (χ1) is 14.5. The lowest BCUT2D eigenvalue weighted by Crippen LogP contribution is -2.25. The van der Waals surface area contributed by atoms with Crippen LogP contribution in [0, 0.1) is 0 Å². The van der Waals surface area contributed by atoms with Crippen LogP contribution in [-0.4, -0.2) is 23.7 Å². The van der Waals surface area contributed by atoms with Gasteiger partial charge in [-0.15, -0.1) is 0 Å². The number of nitrogens with zero attached hydrogens (tertiary/aromatic N) is 2. The summed E-state index contributed by atoms with van der Waals surface area (Å²) in [5, 5.41) is 1.26. The van der Waals surface area contributed by atoms with Gasteiger partial charge in [-0.2, -0.15) is 0 Å². The average molecular weight is 416 g/mol. The van der Waals surface area contributed by atoms with Gasteiger partial charge in [-0.25, -0.2) is 4.99 Å². The summed E-state index contributed by atoms with van der Waals surface area (Å²) in [6.45, 7) is 1.79. The lowest BCUT2D eigenvalue weighted by molar-refractivity contribution is -0.121. The molecule has 0 aromatic heterocycles. The third-order valence-corrected chi connectivity index (χ3v) is 7.32. The van der Waals surface area contributed by atoms with Crippen molar-refractivity contribution in [3.05, 3.63) is 96.2 Å². The molecule has 0 unspecified atom stereocenters. The highest BCUT2D eigenvalue weighted by Gasteiger charge is 2.30. The first-order valence-corrected chi connectivity index (χ1v) is 11.2. The normalized spacial score (nSPS) is 15.4. The Balaban J connectivity index is 1.64. The summed E-state index contributed by atoms with van der Waals surface area (Å²) in [5.41, 5.74) is 1.20. The SMILES string of the molecule is CC1=N/C(=C\c2ccc(OP(=O)(c3ccccc3)c3ccccc3)cc2)C(=O)N1C. The zero-order valence-corrected chi connectivity index (χ0v) is 17.6. The summed E-state index contributed by atoms with van der Waals surface area (Å²) in [7, 11) is -1.62. The number of carbonyl (C=O) groups excluding carboxylic acids is 1. The molecule has 1 aliphatic rings. The molecule has 1 heterocycles. The molecule has 0 saturated carbocycles. The number of amidine groups is 1. The summed E-state index contributed by atoms with van der Waals surface area (Å²) >= 11 is 0. The van der Waals surface area contributed by atoms with E-state index in [1.54, 1.807) is 32.2 Å². The maximum atomic E-state index is 14.0. The Labute approximate surface area is 175 Å². The Bertz CT molecular complexity index is 1130. The molecule has 30 heavy (non-hydrogen) atoms. The predicted octanol–water partition coefficient (Wildman–Crippen LogP) is 4.23. The van der Waals surface area contributed by atoms with Crippen LogP contribution in [0.1, 0.15) is 12.5 Å². The van der Waals surface area contributed by atoms with Crippen LogP contribution in [0.2, 0.25) is 0 Å². The van der Waals surface area contributed by atoms with Crippen molar-refractivity contribution in [3.63, 3.8) is 0 Å². The minimum Gasteiger partial charge on any atom is -0.437 e. The topological polar surface area (TPSA) is 59.0 Å². The van der Waals surface area contributed by atoms with Crippen molar-refractivity contribution in [2.24, 2.45) is 4.99 Å². The van der Waals surface area contributed by atoms with Gasteiger partial charge in [-0.1, -0.05) is 48.5 Å². The number of rotatable bonds is 5. The molecule has 3 aromatic rings. The van der Waals surface area contributed by atoms with Crippen LogP contribution >= 0.6 is 7.37 Å². The van der Waals surface area contributed by atoms with Gasteiger partial charge in [0.2, 0.25) is 0 Å². The fourth-order valence-electron chi connectivity index (χ4n) is 3.14. The molecule has 0 spiro atoms. The number of benzene rings is 3. The van der Waals surface area contributed by atoms with Gasteiger partial charge in [0.15, 0.2) is 0 Å². The third kappa shape index (κ3) is 3.85. The highest BCUT2D eigenvalue weighted by atomic mass is 31.2. The Hall–Kier alpha value is -3.43. The van der Waals surface area contributed by atoms with Crippen molar-refractivity contribution in [2.75, 3.05) is 7.05 Å². The molecule has 0 atom stereocenters. The molecular formula is C24H21N2O3P. The second kappa shape index (κ2) is 8.13. The second-order valence-corrected chi connectivity index (χ2v) is 9.25. The minimum atomic E-state index is -3.31. The van der Waals surface area contributed by atoms with E-state index in [1.807, 2.05) is 72.8 Å². The molecule has 0 bridgehead atoms. The maximum absolute atomic E-state index is 14.0. The van der Waals surface area contributed by atoms with Crippen molar-refractivity contribution in [1.29, 1.82) is 0 Å². The summed E-state index contributed by atoms with van der Waals surface area (Å²) in [4.78, 5) is 18.0. The van der Waals surface area contributed by atoms with E-state index in [0.717, 1.165) is 5.56 Å². The zero-order chi connectivity index (χ0) is 21.1. The standard InChI is InChI=1S/C24H21N2O3P/c1-18-25-23(24(27)26(18)2)17-19-13-15-20(16-14-19)29-30(28,21-9-5-3-6-10-21)22-11-7-4-8-12-22/h3-17H,1-2H3/b23-17-. The molecule has 1 amide bonds. The molecule has 4 rings (SSSR count). The molecule has 6 heteroatoms. The van der Waals surface area contributed by atoms with E-state index in [0.29, 0.717) is 27.9 Å². The van der Waals surface area contributed by atoms with Gasteiger partial charge in [-0.05, 0) is 55.0 Å².